The van der Waals surface area contributed by atoms with Gasteiger partial charge in [0.1, 0.15) is 35.7 Å². The van der Waals surface area contributed by atoms with Crippen molar-refractivity contribution in [2.45, 2.75) is 90.2 Å². The number of ketones is 1. The molecule has 4 N–H and O–H groups in total. The lowest BCUT2D eigenvalue weighted by Crippen LogP contribution is -2.63. The SMILES string of the molecule is COC1=CCC(C)([C@H](NC(=O)[C@H](Cc2cccc(Cl)c2)NC(=O)c2ccc(OCC(=O)OC(C)(C)C)cc2)C(=O)N[C@H](C(=O)C(F)(F)C(=O)NCC(F)(F)F)C(C)C)C=C1. The summed E-state index contributed by atoms with van der Waals surface area (Å²) in [6.07, 6.45) is -0.612. The Morgan fingerprint density at radius 3 is 2.08 bits per heavy atom. The Balaban J connectivity index is 1.94. The normalized spacial score (nSPS) is 17.0. The lowest BCUT2D eigenvalue weighted by atomic mass is 9.75. The smallest absolute Gasteiger partial charge is 0.405 e. The van der Waals surface area contributed by atoms with Crippen LogP contribution in [-0.2, 0) is 39.9 Å². The first kappa shape index (κ1) is 48.8. The molecule has 0 spiro atoms. The fourth-order valence-corrected chi connectivity index (χ4v) is 6.02. The third kappa shape index (κ3) is 14.3. The molecule has 19 heteroatoms. The Labute approximate surface area is 348 Å². The molecule has 60 heavy (non-hydrogen) atoms. The van der Waals surface area contributed by atoms with Crippen molar-refractivity contribution in [3.05, 3.63) is 88.7 Å². The van der Waals surface area contributed by atoms with Crippen molar-refractivity contribution in [1.29, 1.82) is 0 Å². The summed E-state index contributed by atoms with van der Waals surface area (Å²) in [7, 11) is 1.39. The van der Waals surface area contributed by atoms with Gasteiger partial charge >= 0.3 is 18.1 Å². The van der Waals surface area contributed by atoms with Crippen molar-refractivity contribution in [1.82, 2.24) is 21.3 Å². The lowest BCUT2D eigenvalue weighted by Gasteiger charge is -2.38. The van der Waals surface area contributed by atoms with Crippen LogP contribution in [0, 0.1) is 11.3 Å². The first-order chi connectivity index (χ1) is 27.7. The maximum atomic E-state index is 15.1. The lowest BCUT2D eigenvalue weighted by molar-refractivity contribution is -0.165. The van der Waals surface area contributed by atoms with Crippen LogP contribution in [-0.4, -0.2) is 91.5 Å². The largest absolute Gasteiger partial charge is 0.497 e. The van der Waals surface area contributed by atoms with Crippen molar-refractivity contribution in [3.8, 4) is 5.75 Å². The highest BCUT2D eigenvalue weighted by molar-refractivity contribution is 6.30. The molecule has 4 amide bonds. The molecule has 13 nitrogen and oxygen atoms in total. The number of esters is 1. The Morgan fingerprint density at radius 1 is 0.900 bits per heavy atom. The van der Waals surface area contributed by atoms with Crippen LogP contribution in [0.5, 0.6) is 5.75 Å². The number of alkyl halides is 5. The number of Topliss-reactive ketones (excluding diaryl/α,β-unsaturated/α-hetero) is 1. The third-order valence-corrected chi connectivity index (χ3v) is 9.19. The van der Waals surface area contributed by atoms with E-state index in [4.69, 9.17) is 25.8 Å². The molecule has 0 radical (unpaired) electrons. The van der Waals surface area contributed by atoms with Crippen molar-refractivity contribution in [3.63, 3.8) is 0 Å². The van der Waals surface area contributed by atoms with Crippen molar-refractivity contribution >= 4 is 47.0 Å². The Kier molecular flexibility index (Phi) is 16.4. The summed E-state index contributed by atoms with van der Waals surface area (Å²) in [5.74, 6) is -13.7. The van der Waals surface area contributed by atoms with E-state index in [1.54, 1.807) is 58.0 Å². The number of rotatable bonds is 18. The second-order valence-electron chi connectivity index (χ2n) is 15.5. The molecule has 2 aromatic rings. The van der Waals surface area contributed by atoms with Crippen LogP contribution in [0.2, 0.25) is 5.02 Å². The number of ether oxygens (including phenoxy) is 3. The van der Waals surface area contributed by atoms with Crippen molar-refractivity contribution in [2.75, 3.05) is 20.3 Å². The Hall–Kier alpha value is -5.52. The molecule has 0 saturated heterocycles. The highest BCUT2D eigenvalue weighted by Gasteiger charge is 2.52. The van der Waals surface area contributed by atoms with Crippen LogP contribution in [0.3, 0.4) is 0 Å². The van der Waals surface area contributed by atoms with Gasteiger partial charge in [-0.05, 0) is 87.2 Å². The monoisotopic (exact) mass is 870 g/mol. The number of benzene rings is 2. The Bertz CT molecular complexity index is 1970. The summed E-state index contributed by atoms with van der Waals surface area (Å²) in [4.78, 5) is 79.3. The fraction of sp³-hybridized carbons (Fsp3) is 0.463. The molecule has 4 atom stereocenters. The van der Waals surface area contributed by atoms with E-state index in [0.717, 1.165) is 5.32 Å². The summed E-state index contributed by atoms with van der Waals surface area (Å²) >= 11 is 6.20. The molecule has 0 heterocycles. The molecular weight excluding hydrogens is 823 g/mol. The molecule has 2 aromatic carbocycles. The third-order valence-electron chi connectivity index (χ3n) is 8.95. The van der Waals surface area contributed by atoms with Gasteiger partial charge in [-0.1, -0.05) is 50.6 Å². The van der Waals surface area contributed by atoms with Crippen LogP contribution >= 0.6 is 11.6 Å². The number of carbonyl (C=O) groups excluding carboxylic acids is 6. The topological polar surface area (TPSA) is 178 Å². The van der Waals surface area contributed by atoms with E-state index in [0.29, 0.717) is 16.3 Å². The van der Waals surface area contributed by atoms with E-state index in [9.17, 15) is 41.9 Å². The van der Waals surface area contributed by atoms with E-state index >= 15 is 8.78 Å². The molecular formula is C41H48ClF5N4O9. The zero-order chi connectivity index (χ0) is 45.2. The van der Waals surface area contributed by atoms with Gasteiger partial charge in [0, 0.05) is 22.4 Å². The second kappa shape index (κ2) is 20.2. The van der Waals surface area contributed by atoms with Gasteiger partial charge < -0.3 is 35.5 Å². The van der Waals surface area contributed by atoms with Gasteiger partial charge in [-0.25, -0.2) is 4.79 Å². The standard InChI is InChI=1S/C41H48ClF5N4O9/c1-23(2)31(33(53)41(46,47)37(57)48-22-40(43,44)45)50-36(56)32(39(6)17-15-27(58-7)16-18-39)51-35(55)29(20-24-9-8-10-26(42)19-24)49-34(54)25-11-13-28(14-12-25)59-21-30(52)60-38(3,4)5/h8-17,19,23,29,31-32H,18,20-22H2,1-7H3,(H,48,57)(H,49,54)(H,50,56)(H,51,55)/t29-,31-,32+,39?/m0/s1. The van der Waals surface area contributed by atoms with Crippen LogP contribution < -0.4 is 26.0 Å². The molecule has 1 aliphatic carbocycles. The molecule has 0 aliphatic heterocycles. The molecule has 0 bridgehead atoms. The molecule has 0 saturated carbocycles. The van der Waals surface area contributed by atoms with Gasteiger partial charge in [-0.2, -0.15) is 22.0 Å². The second-order valence-corrected chi connectivity index (χ2v) is 16.0. The molecule has 0 fully saturated rings. The van der Waals surface area contributed by atoms with Gasteiger partial charge in [0.15, 0.2) is 6.61 Å². The van der Waals surface area contributed by atoms with Gasteiger partial charge in [0.05, 0.1) is 13.2 Å². The van der Waals surface area contributed by atoms with E-state index in [-0.39, 0.29) is 24.2 Å². The number of nitrogens with one attached hydrogen (secondary N) is 4. The van der Waals surface area contributed by atoms with Crippen molar-refractivity contribution < 1.29 is 64.9 Å². The summed E-state index contributed by atoms with van der Waals surface area (Å²) in [5, 5.41) is 8.72. The van der Waals surface area contributed by atoms with E-state index in [1.807, 2.05) is 0 Å². The zero-order valence-corrected chi connectivity index (χ0v) is 34.7. The number of amides is 4. The summed E-state index contributed by atoms with van der Waals surface area (Å²) < 4.78 is 84.1. The molecule has 328 valence electrons. The Morgan fingerprint density at radius 2 is 1.55 bits per heavy atom. The number of hydrogen-bond donors (Lipinski definition) is 4. The van der Waals surface area contributed by atoms with Crippen LogP contribution in [0.4, 0.5) is 22.0 Å². The molecule has 1 aliphatic rings. The fourth-order valence-electron chi connectivity index (χ4n) is 5.80. The highest BCUT2D eigenvalue weighted by Crippen LogP contribution is 2.34. The predicted octanol–water partition coefficient (Wildman–Crippen LogP) is 5.41. The first-order valence-corrected chi connectivity index (χ1v) is 18.9. The minimum Gasteiger partial charge on any atom is -0.497 e. The number of halogens is 6. The summed E-state index contributed by atoms with van der Waals surface area (Å²) in [6, 6.07) is 6.75. The van der Waals surface area contributed by atoms with E-state index in [1.165, 1.54) is 57.4 Å². The number of allylic oxidation sites excluding steroid dienone is 2. The van der Waals surface area contributed by atoms with Gasteiger partial charge in [-0.3, -0.25) is 24.0 Å². The summed E-state index contributed by atoms with van der Waals surface area (Å²) in [5.41, 5.74) is -1.51. The minimum absolute atomic E-state index is 0.0228. The predicted molar refractivity (Wildman–Crippen MR) is 209 cm³/mol. The van der Waals surface area contributed by atoms with E-state index in [2.05, 4.69) is 16.0 Å². The van der Waals surface area contributed by atoms with Crippen LogP contribution in [0.25, 0.3) is 0 Å². The molecule has 0 aromatic heterocycles. The number of methoxy groups -OCH3 is 1. The zero-order valence-electron chi connectivity index (χ0n) is 33.9. The minimum atomic E-state index is -5.06. The van der Waals surface area contributed by atoms with Gasteiger partial charge in [-0.15, -0.1) is 0 Å². The van der Waals surface area contributed by atoms with Gasteiger partial charge in [0.2, 0.25) is 17.6 Å². The average molecular weight is 871 g/mol. The maximum absolute atomic E-state index is 15.1. The molecule has 3 rings (SSSR count). The quantitative estimate of drug-likeness (QED) is 0.0867. The van der Waals surface area contributed by atoms with Crippen LogP contribution in [0.1, 0.15) is 63.9 Å². The number of hydrogen-bond acceptors (Lipinski definition) is 9. The molecule has 1 unspecified atom stereocenters. The summed E-state index contributed by atoms with van der Waals surface area (Å²) in [6.45, 7) is 6.61. The van der Waals surface area contributed by atoms with Crippen LogP contribution in [0.15, 0.2) is 72.5 Å². The van der Waals surface area contributed by atoms with E-state index < -0.39 is 95.7 Å². The number of carbonyl (C=O) groups is 6. The highest BCUT2D eigenvalue weighted by atomic mass is 35.5. The average Bonchev–Trinajstić information content (AvgIpc) is 3.15. The van der Waals surface area contributed by atoms with Crippen molar-refractivity contribution in [2.24, 2.45) is 11.3 Å². The van der Waals surface area contributed by atoms with Gasteiger partial charge in [0.25, 0.3) is 11.8 Å². The first-order valence-electron chi connectivity index (χ1n) is 18.6. The maximum Gasteiger partial charge on any atom is 0.405 e.